The molecular formula is C20H22O3. The fraction of sp³-hybridized carbons (Fsp3) is 0.250. The number of rotatable bonds is 5. The largest absolute Gasteiger partial charge is 0.489 e. The van der Waals surface area contributed by atoms with Gasteiger partial charge < -0.3 is 9.47 Å². The van der Waals surface area contributed by atoms with Gasteiger partial charge in [-0.3, -0.25) is 0 Å². The summed E-state index contributed by atoms with van der Waals surface area (Å²) in [5.74, 6) is 0.449. The SMILES string of the molecule is CC(C)(C)OC(=O)/C=C/c1ccc(OCc2ccccc2)cc1. The first-order chi connectivity index (χ1) is 10.9. The third-order valence-corrected chi connectivity index (χ3v) is 2.95. The average Bonchev–Trinajstić information content (AvgIpc) is 2.51. The Bertz CT molecular complexity index is 650. The van der Waals surface area contributed by atoms with E-state index >= 15 is 0 Å². The van der Waals surface area contributed by atoms with Gasteiger partial charge in [-0.2, -0.15) is 0 Å². The Morgan fingerprint density at radius 1 is 1.00 bits per heavy atom. The molecule has 2 aromatic rings. The Morgan fingerprint density at radius 3 is 2.26 bits per heavy atom. The van der Waals surface area contributed by atoms with Crippen LogP contribution in [-0.4, -0.2) is 11.6 Å². The zero-order chi connectivity index (χ0) is 16.7. The van der Waals surface area contributed by atoms with Gasteiger partial charge in [-0.1, -0.05) is 42.5 Å². The predicted molar refractivity (Wildman–Crippen MR) is 92.1 cm³/mol. The van der Waals surface area contributed by atoms with Crippen LogP contribution >= 0.6 is 0 Å². The van der Waals surface area contributed by atoms with E-state index in [0.29, 0.717) is 6.61 Å². The van der Waals surface area contributed by atoms with Gasteiger partial charge in [0.1, 0.15) is 18.0 Å². The summed E-state index contributed by atoms with van der Waals surface area (Å²) >= 11 is 0. The summed E-state index contributed by atoms with van der Waals surface area (Å²) in [6, 6.07) is 17.6. The van der Waals surface area contributed by atoms with Crippen molar-refractivity contribution in [3.8, 4) is 5.75 Å². The molecular weight excluding hydrogens is 288 g/mol. The lowest BCUT2D eigenvalue weighted by atomic mass is 10.2. The van der Waals surface area contributed by atoms with E-state index in [1.807, 2.05) is 75.4 Å². The van der Waals surface area contributed by atoms with E-state index in [4.69, 9.17) is 9.47 Å². The highest BCUT2D eigenvalue weighted by Crippen LogP contribution is 2.15. The normalized spacial score (nSPS) is 11.4. The van der Waals surface area contributed by atoms with Crippen molar-refractivity contribution in [1.82, 2.24) is 0 Å². The molecule has 0 amide bonds. The molecule has 0 radical (unpaired) electrons. The van der Waals surface area contributed by atoms with Gasteiger partial charge in [-0.05, 0) is 50.1 Å². The van der Waals surface area contributed by atoms with E-state index < -0.39 is 5.60 Å². The summed E-state index contributed by atoms with van der Waals surface area (Å²) in [6.07, 6.45) is 3.17. The maximum Gasteiger partial charge on any atom is 0.331 e. The molecule has 120 valence electrons. The standard InChI is InChI=1S/C20H22O3/c1-20(2,3)23-19(21)14-11-16-9-12-18(13-10-16)22-15-17-7-5-4-6-8-17/h4-14H,15H2,1-3H3/b14-11+. The van der Waals surface area contributed by atoms with Gasteiger partial charge in [-0.15, -0.1) is 0 Å². The number of hydrogen-bond donors (Lipinski definition) is 0. The van der Waals surface area contributed by atoms with Crippen molar-refractivity contribution in [2.24, 2.45) is 0 Å². The molecule has 0 saturated heterocycles. The maximum absolute atomic E-state index is 11.6. The second kappa shape index (κ2) is 7.63. The minimum Gasteiger partial charge on any atom is -0.489 e. The zero-order valence-electron chi connectivity index (χ0n) is 13.8. The monoisotopic (exact) mass is 310 g/mol. The molecule has 23 heavy (non-hydrogen) atoms. The first kappa shape index (κ1) is 16.8. The predicted octanol–water partition coefficient (Wildman–Crippen LogP) is 4.62. The van der Waals surface area contributed by atoms with Gasteiger partial charge in [-0.25, -0.2) is 4.79 Å². The topological polar surface area (TPSA) is 35.5 Å². The first-order valence-corrected chi connectivity index (χ1v) is 7.60. The molecule has 0 heterocycles. The number of hydrogen-bond acceptors (Lipinski definition) is 3. The third-order valence-electron chi connectivity index (χ3n) is 2.95. The van der Waals surface area contributed by atoms with Gasteiger partial charge in [0.2, 0.25) is 0 Å². The van der Waals surface area contributed by atoms with Gasteiger partial charge >= 0.3 is 5.97 Å². The Morgan fingerprint density at radius 2 is 1.65 bits per heavy atom. The quantitative estimate of drug-likeness (QED) is 0.597. The molecule has 0 unspecified atom stereocenters. The van der Waals surface area contributed by atoms with Crippen molar-refractivity contribution in [3.05, 3.63) is 71.8 Å². The number of esters is 1. The highest BCUT2D eigenvalue weighted by molar-refractivity contribution is 5.87. The minimum atomic E-state index is -0.476. The first-order valence-electron chi connectivity index (χ1n) is 7.60. The third kappa shape index (κ3) is 6.39. The number of carbonyl (C=O) groups is 1. The van der Waals surface area contributed by atoms with Crippen LogP contribution in [0.3, 0.4) is 0 Å². The highest BCUT2D eigenvalue weighted by atomic mass is 16.6. The Kier molecular flexibility index (Phi) is 5.58. The van der Waals surface area contributed by atoms with E-state index in [9.17, 15) is 4.79 Å². The maximum atomic E-state index is 11.6. The Labute approximate surface area is 137 Å². The summed E-state index contributed by atoms with van der Waals surface area (Å²) in [4.78, 5) is 11.6. The molecule has 3 heteroatoms. The molecule has 3 nitrogen and oxygen atoms in total. The van der Waals surface area contributed by atoms with Crippen LogP contribution in [0.15, 0.2) is 60.7 Å². The Balaban J connectivity index is 1.88. The van der Waals surface area contributed by atoms with Crippen LogP contribution in [0.25, 0.3) is 6.08 Å². The smallest absolute Gasteiger partial charge is 0.331 e. The average molecular weight is 310 g/mol. The second-order valence-corrected chi connectivity index (χ2v) is 6.21. The number of ether oxygens (including phenoxy) is 2. The fourth-order valence-corrected chi connectivity index (χ4v) is 1.92. The molecule has 0 aliphatic heterocycles. The molecule has 0 N–H and O–H groups in total. The molecule has 0 aliphatic rings. The molecule has 0 saturated carbocycles. The van der Waals surface area contributed by atoms with Gasteiger partial charge in [0, 0.05) is 6.08 Å². The van der Waals surface area contributed by atoms with Crippen LogP contribution in [0.1, 0.15) is 31.9 Å². The summed E-state index contributed by atoms with van der Waals surface area (Å²) < 4.78 is 10.9. The molecule has 0 aromatic heterocycles. The van der Waals surface area contributed by atoms with Crippen molar-refractivity contribution in [3.63, 3.8) is 0 Å². The van der Waals surface area contributed by atoms with Crippen molar-refractivity contribution in [1.29, 1.82) is 0 Å². The van der Waals surface area contributed by atoms with E-state index in [0.717, 1.165) is 16.9 Å². The van der Waals surface area contributed by atoms with Crippen molar-refractivity contribution in [2.75, 3.05) is 0 Å². The van der Waals surface area contributed by atoms with Gasteiger partial charge in [0.15, 0.2) is 0 Å². The van der Waals surface area contributed by atoms with Crippen LogP contribution in [0, 0.1) is 0 Å². The summed E-state index contributed by atoms with van der Waals surface area (Å²) in [5.41, 5.74) is 1.57. The summed E-state index contributed by atoms with van der Waals surface area (Å²) in [5, 5.41) is 0. The molecule has 0 fully saturated rings. The fourth-order valence-electron chi connectivity index (χ4n) is 1.92. The van der Waals surface area contributed by atoms with E-state index in [1.54, 1.807) is 6.08 Å². The molecule has 0 spiro atoms. The summed E-state index contributed by atoms with van der Waals surface area (Å²) in [6.45, 7) is 6.07. The van der Waals surface area contributed by atoms with E-state index in [-0.39, 0.29) is 5.97 Å². The van der Waals surface area contributed by atoms with Crippen molar-refractivity contribution >= 4 is 12.0 Å². The minimum absolute atomic E-state index is 0.345. The number of carbonyl (C=O) groups excluding carboxylic acids is 1. The van der Waals surface area contributed by atoms with Gasteiger partial charge in [0.25, 0.3) is 0 Å². The molecule has 0 bridgehead atoms. The van der Waals surface area contributed by atoms with E-state index in [2.05, 4.69) is 0 Å². The lowest BCUT2D eigenvalue weighted by Gasteiger charge is -2.17. The number of benzene rings is 2. The lowest BCUT2D eigenvalue weighted by Crippen LogP contribution is -2.22. The summed E-state index contributed by atoms with van der Waals surface area (Å²) in [7, 11) is 0. The van der Waals surface area contributed by atoms with E-state index in [1.165, 1.54) is 6.08 Å². The molecule has 2 rings (SSSR count). The lowest BCUT2D eigenvalue weighted by molar-refractivity contribution is -0.148. The molecule has 0 aliphatic carbocycles. The van der Waals surface area contributed by atoms with Crippen molar-refractivity contribution in [2.45, 2.75) is 33.0 Å². The van der Waals surface area contributed by atoms with Crippen molar-refractivity contribution < 1.29 is 14.3 Å². The van der Waals surface area contributed by atoms with Crippen LogP contribution in [0.4, 0.5) is 0 Å². The highest BCUT2D eigenvalue weighted by Gasteiger charge is 2.13. The van der Waals surface area contributed by atoms with Crippen LogP contribution in [-0.2, 0) is 16.1 Å². The van der Waals surface area contributed by atoms with Gasteiger partial charge in [0.05, 0.1) is 0 Å². The Hall–Kier alpha value is -2.55. The van der Waals surface area contributed by atoms with Crippen LogP contribution < -0.4 is 4.74 Å². The van der Waals surface area contributed by atoms with Crippen LogP contribution in [0.5, 0.6) is 5.75 Å². The second-order valence-electron chi connectivity index (χ2n) is 6.21. The molecule has 0 atom stereocenters. The van der Waals surface area contributed by atoms with Crippen LogP contribution in [0.2, 0.25) is 0 Å². The molecule has 2 aromatic carbocycles. The zero-order valence-corrected chi connectivity index (χ0v) is 13.8.